The van der Waals surface area contributed by atoms with Gasteiger partial charge in [0.25, 0.3) is 11.2 Å². The van der Waals surface area contributed by atoms with E-state index in [-0.39, 0.29) is 17.8 Å². The highest BCUT2D eigenvalue weighted by Gasteiger charge is 2.36. The summed E-state index contributed by atoms with van der Waals surface area (Å²) < 4.78 is 67.8. The summed E-state index contributed by atoms with van der Waals surface area (Å²) >= 11 is 0. The molecule has 0 spiro atoms. The molecule has 0 aliphatic rings. The summed E-state index contributed by atoms with van der Waals surface area (Å²) in [6, 6.07) is 11.5. The van der Waals surface area contributed by atoms with E-state index in [0.717, 1.165) is 22.8 Å². The van der Waals surface area contributed by atoms with E-state index in [0.29, 0.717) is 5.56 Å². The van der Waals surface area contributed by atoms with Gasteiger partial charge < -0.3 is 4.57 Å². The van der Waals surface area contributed by atoms with Crippen molar-refractivity contribution in [2.75, 3.05) is 0 Å². The smallest absolute Gasteiger partial charge is 0.313 e. The highest BCUT2D eigenvalue weighted by molar-refractivity contribution is 5.66. The van der Waals surface area contributed by atoms with Gasteiger partial charge in [-0.1, -0.05) is 36.4 Å². The minimum absolute atomic E-state index is 0.0879. The molecule has 0 aliphatic heterocycles. The van der Waals surface area contributed by atoms with Gasteiger partial charge in [-0.25, -0.2) is 13.6 Å². The number of pyridine rings is 1. The van der Waals surface area contributed by atoms with Crippen LogP contribution in [0.15, 0.2) is 59.4 Å². The minimum Gasteiger partial charge on any atom is -0.313 e. The molecule has 3 aromatic rings. The van der Waals surface area contributed by atoms with E-state index < -0.39 is 34.6 Å². The molecule has 1 heterocycles. The summed E-state index contributed by atoms with van der Waals surface area (Å²) in [4.78, 5) is 15.5. The van der Waals surface area contributed by atoms with Crippen molar-refractivity contribution < 1.29 is 22.0 Å². The molecule has 3 nitrogen and oxygen atoms in total. The normalized spacial score (nSPS) is 11.3. The summed E-state index contributed by atoms with van der Waals surface area (Å²) in [6.45, 7) is 6.69. The zero-order valence-electron chi connectivity index (χ0n) is 14.1. The average Bonchev–Trinajstić information content (AvgIpc) is 2.65. The molecule has 0 saturated carbocycles. The average molecular weight is 390 g/mol. The molecule has 0 bridgehead atoms. The van der Waals surface area contributed by atoms with E-state index in [1.165, 1.54) is 18.2 Å². The Morgan fingerprint density at radius 3 is 2.21 bits per heavy atom. The van der Waals surface area contributed by atoms with Crippen molar-refractivity contribution in [3.8, 4) is 11.3 Å². The largest absolute Gasteiger partial charge is 0.407 e. The Bertz CT molecular complexity index is 1130. The van der Waals surface area contributed by atoms with Gasteiger partial charge in [-0.05, 0) is 29.3 Å². The Labute approximate surface area is 156 Å². The summed E-state index contributed by atoms with van der Waals surface area (Å²) in [7, 11) is 0. The molecule has 0 radical (unpaired) electrons. The highest BCUT2D eigenvalue weighted by atomic mass is 19.4. The van der Waals surface area contributed by atoms with Gasteiger partial charge in [-0.2, -0.15) is 13.2 Å². The molecule has 0 atom stereocenters. The number of nitrogens with zero attached hydrogens (tertiary/aromatic N) is 2. The number of halogens is 5. The molecule has 0 N–H and O–H groups in total. The minimum atomic E-state index is -4.90. The van der Waals surface area contributed by atoms with Gasteiger partial charge in [0.15, 0.2) is 11.6 Å². The van der Waals surface area contributed by atoms with Crippen molar-refractivity contribution in [2.24, 2.45) is 0 Å². The van der Waals surface area contributed by atoms with Gasteiger partial charge in [-0.15, -0.1) is 0 Å². The first-order valence-electron chi connectivity index (χ1n) is 7.94. The Hall–Kier alpha value is -3.47. The maximum Gasteiger partial charge on any atom is 0.407 e. The number of hydrogen-bond donors (Lipinski definition) is 0. The SMILES string of the molecule is [C-]#[N+]c1c(C(F)(F)F)cc(-c2ccccc2)n(Cc2ccc(F)c(F)c2)c1=O. The first-order valence-corrected chi connectivity index (χ1v) is 7.94. The molecule has 142 valence electrons. The Morgan fingerprint density at radius 2 is 1.64 bits per heavy atom. The second-order valence-electron chi connectivity index (χ2n) is 5.91. The third-order valence-electron chi connectivity index (χ3n) is 4.09. The second kappa shape index (κ2) is 7.27. The molecule has 0 fully saturated rings. The molecular weight excluding hydrogens is 379 g/mol. The number of rotatable bonds is 3. The van der Waals surface area contributed by atoms with Crippen molar-refractivity contribution in [3.63, 3.8) is 0 Å². The van der Waals surface area contributed by atoms with Crippen LogP contribution < -0.4 is 5.56 Å². The van der Waals surface area contributed by atoms with Crippen molar-refractivity contribution in [2.45, 2.75) is 12.7 Å². The molecule has 3 rings (SSSR count). The van der Waals surface area contributed by atoms with E-state index in [4.69, 9.17) is 6.57 Å². The van der Waals surface area contributed by atoms with E-state index in [1.54, 1.807) is 18.2 Å². The molecule has 0 aliphatic carbocycles. The molecule has 0 amide bonds. The fourth-order valence-corrected chi connectivity index (χ4v) is 2.79. The predicted molar refractivity (Wildman–Crippen MR) is 92.9 cm³/mol. The Balaban J connectivity index is 2.29. The topological polar surface area (TPSA) is 26.4 Å². The lowest BCUT2D eigenvalue weighted by molar-refractivity contribution is -0.136. The molecule has 2 aromatic carbocycles. The van der Waals surface area contributed by atoms with E-state index in [2.05, 4.69) is 4.85 Å². The zero-order chi connectivity index (χ0) is 20.5. The molecule has 0 saturated heterocycles. The molecule has 8 heteroatoms. The van der Waals surface area contributed by atoms with E-state index in [9.17, 15) is 26.7 Å². The van der Waals surface area contributed by atoms with Crippen molar-refractivity contribution in [3.05, 3.63) is 99.1 Å². The van der Waals surface area contributed by atoms with Crippen molar-refractivity contribution in [1.82, 2.24) is 4.57 Å². The first kappa shape index (κ1) is 19.3. The van der Waals surface area contributed by atoms with E-state index in [1.807, 2.05) is 0 Å². The second-order valence-corrected chi connectivity index (χ2v) is 5.91. The third kappa shape index (κ3) is 3.64. The van der Waals surface area contributed by atoms with Crippen molar-refractivity contribution in [1.29, 1.82) is 0 Å². The monoisotopic (exact) mass is 390 g/mol. The van der Waals surface area contributed by atoms with Gasteiger partial charge in [0.2, 0.25) is 0 Å². The first-order chi connectivity index (χ1) is 13.2. The fraction of sp³-hybridized carbons (Fsp3) is 0.100. The van der Waals surface area contributed by atoms with Crippen LogP contribution in [0.25, 0.3) is 16.1 Å². The van der Waals surface area contributed by atoms with Crippen LogP contribution in [-0.4, -0.2) is 4.57 Å². The lowest BCUT2D eigenvalue weighted by Crippen LogP contribution is -2.25. The van der Waals surface area contributed by atoms with Crippen LogP contribution in [0, 0.1) is 18.2 Å². The zero-order valence-corrected chi connectivity index (χ0v) is 14.1. The predicted octanol–water partition coefficient (Wildman–Crippen LogP) is 5.41. The molecule has 1 aromatic heterocycles. The number of hydrogen-bond acceptors (Lipinski definition) is 1. The lowest BCUT2D eigenvalue weighted by Gasteiger charge is -2.18. The molecule has 0 unspecified atom stereocenters. The van der Waals surface area contributed by atoms with Crippen LogP contribution in [-0.2, 0) is 12.7 Å². The van der Waals surface area contributed by atoms with E-state index >= 15 is 0 Å². The van der Waals surface area contributed by atoms with Gasteiger partial charge >= 0.3 is 6.18 Å². The summed E-state index contributed by atoms with van der Waals surface area (Å²) in [5.74, 6) is -2.24. The number of alkyl halides is 3. The number of aromatic nitrogens is 1. The standard InChI is InChI=1S/C20H11F5N2O/c1-26-18-14(20(23,24)25)10-17(13-5-3-2-4-6-13)27(19(18)28)11-12-7-8-15(21)16(22)9-12/h2-10H,11H2. The number of benzene rings is 2. The van der Waals surface area contributed by atoms with Gasteiger partial charge in [0, 0.05) is 5.69 Å². The van der Waals surface area contributed by atoms with Gasteiger partial charge in [-0.3, -0.25) is 4.79 Å². The summed E-state index contributed by atoms with van der Waals surface area (Å²) in [5.41, 5.74) is -3.19. The Morgan fingerprint density at radius 1 is 0.964 bits per heavy atom. The van der Waals surface area contributed by atoms with Crippen molar-refractivity contribution >= 4 is 5.69 Å². The quantitative estimate of drug-likeness (QED) is 0.434. The Kier molecular flexibility index (Phi) is 5.01. The fourth-order valence-electron chi connectivity index (χ4n) is 2.79. The van der Waals surface area contributed by atoms with Crippen LogP contribution in [0.1, 0.15) is 11.1 Å². The maximum atomic E-state index is 13.5. The summed E-state index contributed by atoms with van der Waals surface area (Å²) in [5, 5.41) is 0. The van der Waals surface area contributed by atoms with Crippen LogP contribution in [0.2, 0.25) is 0 Å². The van der Waals surface area contributed by atoms with Crippen LogP contribution >= 0.6 is 0 Å². The molecule has 28 heavy (non-hydrogen) atoms. The highest BCUT2D eigenvalue weighted by Crippen LogP contribution is 2.37. The van der Waals surface area contributed by atoms with Crippen LogP contribution in [0.4, 0.5) is 27.6 Å². The summed E-state index contributed by atoms with van der Waals surface area (Å²) in [6.07, 6.45) is -4.90. The third-order valence-corrected chi connectivity index (χ3v) is 4.09. The van der Waals surface area contributed by atoms with Gasteiger partial charge in [0.05, 0.1) is 18.7 Å². The maximum absolute atomic E-state index is 13.5. The lowest BCUT2D eigenvalue weighted by atomic mass is 10.1. The van der Waals surface area contributed by atoms with Crippen LogP contribution in [0.3, 0.4) is 0 Å². The van der Waals surface area contributed by atoms with Crippen LogP contribution in [0.5, 0.6) is 0 Å². The molecular formula is C20H11F5N2O. The van der Waals surface area contributed by atoms with Gasteiger partial charge in [0.1, 0.15) is 0 Å².